The number of nitrogens with zero attached hydrogens (tertiary/aromatic N) is 1. The molecule has 0 spiro atoms. The molecule has 1 saturated heterocycles. The van der Waals surface area contributed by atoms with Crippen LogP contribution in [0.5, 0.6) is 5.75 Å². The van der Waals surface area contributed by atoms with Gasteiger partial charge in [-0.1, -0.05) is 30.3 Å². The van der Waals surface area contributed by atoms with Gasteiger partial charge in [0, 0.05) is 18.7 Å². The zero-order valence-corrected chi connectivity index (χ0v) is 15.0. The van der Waals surface area contributed by atoms with Gasteiger partial charge >= 0.3 is 0 Å². The Morgan fingerprint density at radius 1 is 1.32 bits per heavy atom. The normalized spacial score (nSPS) is 18.5. The van der Waals surface area contributed by atoms with Crippen molar-refractivity contribution in [1.29, 1.82) is 0 Å². The lowest BCUT2D eigenvalue weighted by atomic mass is 9.96. The van der Waals surface area contributed by atoms with Crippen LogP contribution in [0.2, 0.25) is 0 Å². The summed E-state index contributed by atoms with van der Waals surface area (Å²) in [5.74, 6) is 6.14. The minimum Gasteiger partial charge on any atom is -0.491 e. The van der Waals surface area contributed by atoms with Crippen LogP contribution < -0.4 is 16.0 Å². The summed E-state index contributed by atoms with van der Waals surface area (Å²) in [6, 6.07) is 12.6. The minimum atomic E-state index is -0.0683. The molecular weight excluding hydrogens is 314 g/mol. The van der Waals surface area contributed by atoms with E-state index in [0.717, 1.165) is 38.2 Å². The summed E-state index contributed by atoms with van der Waals surface area (Å²) in [6.45, 7) is 6.58. The molecular formula is C20H27N3O2. The third kappa shape index (κ3) is 4.11. The van der Waals surface area contributed by atoms with E-state index in [9.17, 15) is 4.79 Å². The summed E-state index contributed by atoms with van der Waals surface area (Å²) in [6.07, 6.45) is 2.02. The molecule has 1 aliphatic rings. The quantitative estimate of drug-likeness (QED) is 0.498. The largest absolute Gasteiger partial charge is 0.491 e. The molecule has 3 N–H and O–H groups in total. The second-order valence-corrected chi connectivity index (χ2v) is 7.01. The average Bonchev–Trinajstić information content (AvgIpc) is 2.63. The standard InChI is InChI=1S/C20H27N3O2/c1-14(2)25-19-10-9-15-6-3-4-8-17(15)18(19)13-23-11-5-7-16(12-23)20(24)22-21/h3-4,6,8-10,14,16H,5,7,11-13,21H2,1-2H3,(H,22,24). The van der Waals surface area contributed by atoms with Gasteiger partial charge in [0.1, 0.15) is 5.75 Å². The molecule has 1 heterocycles. The number of hydrogen-bond donors (Lipinski definition) is 2. The fourth-order valence-corrected chi connectivity index (χ4v) is 3.60. The first kappa shape index (κ1) is 17.7. The maximum atomic E-state index is 11.9. The summed E-state index contributed by atoms with van der Waals surface area (Å²) in [5, 5.41) is 2.42. The number of carbonyl (C=O) groups excluding carboxylic acids is 1. The van der Waals surface area contributed by atoms with E-state index in [1.165, 1.54) is 16.3 Å². The van der Waals surface area contributed by atoms with Crippen molar-refractivity contribution < 1.29 is 9.53 Å². The van der Waals surface area contributed by atoms with Crippen molar-refractivity contribution in [1.82, 2.24) is 10.3 Å². The fourth-order valence-electron chi connectivity index (χ4n) is 3.60. The molecule has 1 fully saturated rings. The maximum absolute atomic E-state index is 11.9. The lowest BCUT2D eigenvalue weighted by Crippen LogP contribution is -2.44. The molecule has 2 aromatic carbocycles. The molecule has 1 amide bonds. The molecule has 0 bridgehead atoms. The molecule has 0 saturated carbocycles. The molecule has 3 rings (SSSR count). The van der Waals surface area contributed by atoms with Crippen LogP contribution in [0, 0.1) is 5.92 Å². The number of nitrogens with two attached hydrogens (primary N) is 1. The number of piperidine rings is 1. The first-order chi connectivity index (χ1) is 12.1. The van der Waals surface area contributed by atoms with Crippen LogP contribution in [0.3, 0.4) is 0 Å². The fraction of sp³-hybridized carbons (Fsp3) is 0.450. The summed E-state index contributed by atoms with van der Waals surface area (Å²) >= 11 is 0. The first-order valence-electron chi connectivity index (χ1n) is 8.98. The minimum absolute atomic E-state index is 0.0387. The summed E-state index contributed by atoms with van der Waals surface area (Å²) in [5.41, 5.74) is 3.49. The lowest BCUT2D eigenvalue weighted by molar-refractivity contribution is -0.126. The molecule has 1 unspecified atom stereocenters. The average molecular weight is 341 g/mol. The number of benzene rings is 2. The van der Waals surface area contributed by atoms with E-state index >= 15 is 0 Å². The van der Waals surface area contributed by atoms with Crippen LogP contribution in [0.15, 0.2) is 36.4 Å². The lowest BCUT2D eigenvalue weighted by Gasteiger charge is -2.32. The number of hydrogen-bond acceptors (Lipinski definition) is 4. The summed E-state index contributed by atoms with van der Waals surface area (Å²) in [4.78, 5) is 14.2. The number of likely N-dealkylation sites (tertiary alicyclic amines) is 1. The van der Waals surface area contributed by atoms with Gasteiger partial charge in [0.25, 0.3) is 0 Å². The Hall–Kier alpha value is -2.11. The molecule has 1 atom stereocenters. The zero-order chi connectivity index (χ0) is 17.8. The molecule has 1 aliphatic heterocycles. The Labute approximate surface area is 149 Å². The predicted molar refractivity (Wildman–Crippen MR) is 100 cm³/mol. The van der Waals surface area contributed by atoms with Crippen molar-refractivity contribution in [2.75, 3.05) is 13.1 Å². The molecule has 0 radical (unpaired) electrons. The highest BCUT2D eigenvalue weighted by atomic mass is 16.5. The topological polar surface area (TPSA) is 67.6 Å². The van der Waals surface area contributed by atoms with E-state index in [1.807, 2.05) is 13.8 Å². The Bertz CT molecular complexity index is 745. The van der Waals surface area contributed by atoms with Crippen molar-refractivity contribution in [3.63, 3.8) is 0 Å². The Kier molecular flexibility index (Phi) is 5.56. The molecule has 2 aromatic rings. The highest BCUT2D eigenvalue weighted by Gasteiger charge is 2.26. The van der Waals surface area contributed by atoms with E-state index in [4.69, 9.17) is 10.6 Å². The number of nitrogens with one attached hydrogen (secondary N) is 1. The van der Waals surface area contributed by atoms with Gasteiger partial charge in [-0.25, -0.2) is 5.84 Å². The zero-order valence-electron chi connectivity index (χ0n) is 15.0. The van der Waals surface area contributed by atoms with Crippen LogP contribution in [-0.2, 0) is 11.3 Å². The van der Waals surface area contributed by atoms with Crippen LogP contribution in [0.1, 0.15) is 32.3 Å². The monoisotopic (exact) mass is 341 g/mol. The van der Waals surface area contributed by atoms with E-state index < -0.39 is 0 Å². The second-order valence-electron chi connectivity index (χ2n) is 7.01. The van der Waals surface area contributed by atoms with Crippen molar-refractivity contribution in [3.8, 4) is 5.75 Å². The van der Waals surface area contributed by atoms with Crippen molar-refractivity contribution in [2.45, 2.75) is 39.3 Å². The SMILES string of the molecule is CC(C)Oc1ccc2ccccc2c1CN1CCCC(C(=O)NN)C1. The second kappa shape index (κ2) is 7.85. The van der Waals surface area contributed by atoms with Gasteiger partial charge in [-0.2, -0.15) is 0 Å². The molecule has 5 nitrogen and oxygen atoms in total. The number of rotatable bonds is 5. The van der Waals surface area contributed by atoms with Crippen molar-refractivity contribution >= 4 is 16.7 Å². The van der Waals surface area contributed by atoms with Gasteiger partial charge in [-0.3, -0.25) is 15.1 Å². The first-order valence-corrected chi connectivity index (χ1v) is 8.98. The maximum Gasteiger partial charge on any atom is 0.238 e. The highest BCUT2D eigenvalue weighted by Crippen LogP contribution is 2.31. The molecule has 25 heavy (non-hydrogen) atoms. The number of amides is 1. The Balaban J connectivity index is 1.89. The van der Waals surface area contributed by atoms with Gasteiger partial charge in [0.15, 0.2) is 0 Å². The van der Waals surface area contributed by atoms with Gasteiger partial charge in [-0.15, -0.1) is 0 Å². The van der Waals surface area contributed by atoms with Gasteiger partial charge < -0.3 is 4.74 Å². The van der Waals surface area contributed by atoms with Crippen LogP contribution in [-0.4, -0.2) is 30.0 Å². The summed E-state index contributed by atoms with van der Waals surface area (Å²) < 4.78 is 6.06. The number of fused-ring (bicyclic) bond motifs is 1. The van der Waals surface area contributed by atoms with Gasteiger partial charge in [0.05, 0.1) is 12.0 Å². The molecule has 5 heteroatoms. The van der Waals surface area contributed by atoms with Crippen LogP contribution >= 0.6 is 0 Å². The van der Waals surface area contributed by atoms with E-state index in [2.05, 4.69) is 46.7 Å². The molecule has 0 aromatic heterocycles. The van der Waals surface area contributed by atoms with Crippen LogP contribution in [0.4, 0.5) is 0 Å². The van der Waals surface area contributed by atoms with Crippen molar-refractivity contribution in [3.05, 3.63) is 42.0 Å². The molecule has 134 valence electrons. The predicted octanol–water partition coefficient (Wildman–Crippen LogP) is 2.83. The number of ether oxygens (including phenoxy) is 1. The van der Waals surface area contributed by atoms with E-state index in [1.54, 1.807) is 0 Å². The molecule has 0 aliphatic carbocycles. The smallest absolute Gasteiger partial charge is 0.238 e. The van der Waals surface area contributed by atoms with E-state index in [0.29, 0.717) is 0 Å². The summed E-state index contributed by atoms with van der Waals surface area (Å²) in [7, 11) is 0. The van der Waals surface area contributed by atoms with Gasteiger partial charge in [0.2, 0.25) is 5.91 Å². The highest BCUT2D eigenvalue weighted by molar-refractivity contribution is 5.87. The van der Waals surface area contributed by atoms with Crippen LogP contribution in [0.25, 0.3) is 10.8 Å². The third-order valence-corrected chi connectivity index (χ3v) is 4.76. The van der Waals surface area contributed by atoms with E-state index in [-0.39, 0.29) is 17.9 Å². The van der Waals surface area contributed by atoms with Crippen molar-refractivity contribution in [2.24, 2.45) is 11.8 Å². The number of carbonyl (C=O) groups is 1. The Morgan fingerprint density at radius 3 is 2.88 bits per heavy atom. The Morgan fingerprint density at radius 2 is 2.12 bits per heavy atom. The number of hydrazine groups is 1. The van der Waals surface area contributed by atoms with Gasteiger partial charge in [-0.05, 0) is 50.1 Å². The third-order valence-electron chi connectivity index (χ3n) is 4.76.